The molecular formula is C10H7F3N2O. The lowest BCUT2D eigenvalue weighted by molar-refractivity contribution is -0.173. The number of oxime groups is 1. The average molecular weight is 228 g/mol. The van der Waals surface area contributed by atoms with E-state index in [0.717, 1.165) is 6.21 Å². The molecule has 0 heterocycles. The first-order valence-electron chi connectivity index (χ1n) is 4.24. The largest absolute Gasteiger partial charge is 0.425 e. The molecule has 0 bridgehead atoms. The van der Waals surface area contributed by atoms with Crippen molar-refractivity contribution in [2.24, 2.45) is 5.16 Å². The second-order valence-corrected chi connectivity index (χ2v) is 2.82. The molecule has 0 amide bonds. The van der Waals surface area contributed by atoms with Crippen molar-refractivity contribution in [2.45, 2.75) is 6.18 Å². The van der Waals surface area contributed by atoms with Crippen LogP contribution in [-0.2, 0) is 4.84 Å². The summed E-state index contributed by atoms with van der Waals surface area (Å²) in [6.07, 6.45) is -3.34. The quantitative estimate of drug-likeness (QED) is 0.589. The van der Waals surface area contributed by atoms with Crippen LogP contribution in [0.2, 0.25) is 0 Å². The minimum Gasteiger partial charge on any atom is -0.386 e. The van der Waals surface area contributed by atoms with Crippen LogP contribution >= 0.6 is 0 Å². The Balaban J connectivity index is 2.60. The molecule has 1 rings (SSSR count). The van der Waals surface area contributed by atoms with Crippen molar-refractivity contribution in [3.63, 3.8) is 0 Å². The van der Waals surface area contributed by atoms with Crippen LogP contribution in [0.15, 0.2) is 29.4 Å². The van der Waals surface area contributed by atoms with Crippen molar-refractivity contribution in [2.75, 3.05) is 6.61 Å². The van der Waals surface area contributed by atoms with E-state index in [1.165, 1.54) is 6.07 Å². The van der Waals surface area contributed by atoms with E-state index in [2.05, 4.69) is 9.99 Å². The van der Waals surface area contributed by atoms with Gasteiger partial charge in [-0.3, -0.25) is 0 Å². The maximum absolute atomic E-state index is 11.7. The standard InChI is InChI=1S/C10H7F3N2O/c11-10(12,13)7-16-15-6-9-4-2-1-3-8(9)5-14/h1-4,6H,7H2. The smallest absolute Gasteiger partial charge is 0.386 e. The van der Waals surface area contributed by atoms with E-state index in [-0.39, 0.29) is 0 Å². The van der Waals surface area contributed by atoms with Crippen molar-refractivity contribution < 1.29 is 18.0 Å². The Morgan fingerprint density at radius 3 is 2.69 bits per heavy atom. The summed E-state index contributed by atoms with van der Waals surface area (Å²) in [4.78, 5) is 4.04. The van der Waals surface area contributed by atoms with E-state index in [1.54, 1.807) is 18.2 Å². The first-order valence-corrected chi connectivity index (χ1v) is 4.24. The Bertz CT molecular complexity index is 421. The highest BCUT2D eigenvalue weighted by molar-refractivity contribution is 5.82. The molecule has 0 aliphatic rings. The van der Waals surface area contributed by atoms with Gasteiger partial charge in [0.05, 0.1) is 17.8 Å². The zero-order valence-corrected chi connectivity index (χ0v) is 8.03. The first kappa shape index (κ1) is 12.0. The van der Waals surface area contributed by atoms with Gasteiger partial charge in [-0.1, -0.05) is 23.4 Å². The Kier molecular flexibility index (Phi) is 3.89. The van der Waals surface area contributed by atoms with Crippen molar-refractivity contribution in [1.82, 2.24) is 0 Å². The van der Waals surface area contributed by atoms with E-state index in [1.807, 2.05) is 6.07 Å². The van der Waals surface area contributed by atoms with E-state index in [4.69, 9.17) is 5.26 Å². The zero-order valence-electron chi connectivity index (χ0n) is 8.03. The highest BCUT2D eigenvalue weighted by atomic mass is 19.4. The van der Waals surface area contributed by atoms with Gasteiger partial charge in [-0.15, -0.1) is 0 Å². The van der Waals surface area contributed by atoms with Crippen LogP contribution in [-0.4, -0.2) is 19.0 Å². The molecule has 0 aliphatic carbocycles. The maximum Gasteiger partial charge on any atom is 0.425 e. The highest BCUT2D eigenvalue weighted by Crippen LogP contribution is 2.14. The normalized spacial score (nSPS) is 11.4. The van der Waals surface area contributed by atoms with Gasteiger partial charge in [-0.25, -0.2) is 0 Å². The number of benzene rings is 1. The summed E-state index contributed by atoms with van der Waals surface area (Å²) in [6, 6.07) is 8.26. The molecule has 0 fully saturated rings. The monoisotopic (exact) mass is 228 g/mol. The van der Waals surface area contributed by atoms with Crippen LogP contribution in [0.1, 0.15) is 11.1 Å². The Morgan fingerprint density at radius 2 is 2.06 bits per heavy atom. The van der Waals surface area contributed by atoms with Crippen LogP contribution in [0.25, 0.3) is 0 Å². The predicted octanol–water partition coefficient (Wildman–Crippen LogP) is 2.47. The number of nitrogens with zero attached hydrogens (tertiary/aromatic N) is 2. The summed E-state index contributed by atoms with van der Waals surface area (Å²) in [7, 11) is 0. The van der Waals surface area contributed by atoms with Gasteiger partial charge in [0, 0.05) is 5.56 Å². The SMILES string of the molecule is N#Cc1ccccc1C=NOCC(F)(F)F. The fraction of sp³-hybridized carbons (Fsp3) is 0.200. The summed E-state index contributed by atoms with van der Waals surface area (Å²) in [6.45, 7) is -1.45. The van der Waals surface area contributed by atoms with Crippen molar-refractivity contribution in [3.8, 4) is 6.07 Å². The Labute approximate surface area is 89.7 Å². The van der Waals surface area contributed by atoms with Crippen LogP contribution < -0.4 is 0 Å². The van der Waals surface area contributed by atoms with Gasteiger partial charge in [0.15, 0.2) is 0 Å². The molecule has 84 valence electrons. The van der Waals surface area contributed by atoms with Gasteiger partial charge in [-0.05, 0) is 6.07 Å². The highest BCUT2D eigenvalue weighted by Gasteiger charge is 2.28. The van der Waals surface area contributed by atoms with Gasteiger partial charge in [-0.2, -0.15) is 18.4 Å². The van der Waals surface area contributed by atoms with Gasteiger partial charge < -0.3 is 4.84 Å². The van der Waals surface area contributed by atoms with Crippen LogP contribution in [0, 0.1) is 11.3 Å². The average Bonchev–Trinajstić information content (AvgIpc) is 2.23. The molecule has 3 nitrogen and oxygen atoms in total. The third-order valence-corrected chi connectivity index (χ3v) is 1.58. The number of alkyl halides is 3. The lowest BCUT2D eigenvalue weighted by Crippen LogP contribution is -2.14. The number of hydrogen-bond donors (Lipinski definition) is 0. The molecule has 0 unspecified atom stereocenters. The topological polar surface area (TPSA) is 45.4 Å². The Morgan fingerprint density at radius 1 is 1.38 bits per heavy atom. The Hall–Kier alpha value is -2.03. The minimum absolute atomic E-state index is 0.321. The minimum atomic E-state index is -4.41. The summed E-state index contributed by atoms with van der Waals surface area (Å²) >= 11 is 0. The molecule has 6 heteroatoms. The predicted molar refractivity (Wildman–Crippen MR) is 50.8 cm³/mol. The number of nitriles is 1. The van der Waals surface area contributed by atoms with E-state index in [0.29, 0.717) is 11.1 Å². The molecule has 0 saturated carbocycles. The molecule has 1 aromatic rings. The molecule has 0 spiro atoms. The van der Waals surface area contributed by atoms with Gasteiger partial charge in [0.1, 0.15) is 0 Å². The van der Waals surface area contributed by atoms with Gasteiger partial charge in [0.25, 0.3) is 0 Å². The number of rotatable bonds is 3. The van der Waals surface area contributed by atoms with Crippen molar-refractivity contribution in [3.05, 3.63) is 35.4 Å². The van der Waals surface area contributed by atoms with Crippen LogP contribution in [0.3, 0.4) is 0 Å². The molecule has 0 aliphatic heterocycles. The van der Waals surface area contributed by atoms with E-state index in [9.17, 15) is 13.2 Å². The molecular weight excluding hydrogens is 221 g/mol. The van der Waals surface area contributed by atoms with E-state index < -0.39 is 12.8 Å². The molecule has 0 atom stereocenters. The third-order valence-electron chi connectivity index (χ3n) is 1.58. The third kappa shape index (κ3) is 4.00. The van der Waals surface area contributed by atoms with Gasteiger partial charge >= 0.3 is 6.18 Å². The van der Waals surface area contributed by atoms with E-state index >= 15 is 0 Å². The fourth-order valence-electron chi connectivity index (χ4n) is 0.916. The second-order valence-electron chi connectivity index (χ2n) is 2.82. The first-order chi connectivity index (χ1) is 7.53. The molecule has 0 aromatic heterocycles. The number of halogens is 3. The van der Waals surface area contributed by atoms with Gasteiger partial charge in [0.2, 0.25) is 6.61 Å². The van der Waals surface area contributed by atoms with Crippen molar-refractivity contribution in [1.29, 1.82) is 5.26 Å². The van der Waals surface area contributed by atoms with Crippen molar-refractivity contribution >= 4 is 6.21 Å². The summed E-state index contributed by atoms with van der Waals surface area (Å²) in [5.41, 5.74) is 0.731. The summed E-state index contributed by atoms with van der Waals surface area (Å²) in [5.74, 6) is 0. The molecule has 0 saturated heterocycles. The molecule has 1 aromatic carbocycles. The zero-order chi connectivity index (χ0) is 12.0. The molecule has 16 heavy (non-hydrogen) atoms. The summed E-state index contributed by atoms with van der Waals surface area (Å²) in [5, 5.41) is 11.8. The second kappa shape index (κ2) is 5.16. The van der Waals surface area contributed by atoms with Crippen LogP contribution in [0.4, 0.5) is 13.2 Å². The van der Waals surface area contributed by atoms with Crippen LogP contribution in [0.5, 0.6) is 0 Å². The lowest BCUT2D eigenvalue weighted by atomic mass is 10.1. The lowest BCUT2D eigenvalue weighted by Gasteiger charge is -2.03. The maximum atomic E-state index is 11.7. The summed E-state index contributed by atoms with van der Waals surface area (Å²) < 4.78 is 35.0. The molecule has 0 radical (unpaired) electrons. The fourth-order valence-corrected chi connectivity index (χ4v) is 0.916. The number of hydrogen-bond acceptors (Lipinski definition) is 3. The molecule has 0 N–H and O–H groups in total.